The van der Waals surface area contributed by atoms with Gasteiger partial charge in [0, 0.05) is 12.0 Å². The number of hydrogen-bond acceptors (Lipinski definition) is 4. The molecule has 0 bridgehead atoms. The number of hydrogen-bond donors (Lipinski definition) is 3. The van der Waals surface area contributed by atoms with E-state index in [-0.39, 0.29) is 30.4 Å². The van der Waals surface area contributed by atoms with Gasteiger partial charge in [-0.3, -0.25) is 9.59 Å². The molecule has 1 saturated carbocycles. The summed E-state index contributed by atoms with van der Waals surface area (Å²) in [6, 6.07) is 3.50. The zero-order valence-corrected chi connectivity index (χ0v) is 10.8. The Labute approximate surface area is 109 Å². The van der Waals surface area contributed by atoms with Crippen molar-refractivity contribution in [3.05, 3.63) is 22.4 Å². The van der Waals surface area contributed by atoms with Gasteiger partial charge in [0.05, 0.1) is 18.0 Å². The molecule has 18 heavy (non-hydrogen) atoms. The number of carbonyl (C=O) groups is 2. The summed E-state index contributed by atoms with van der Waals surface area (Å²) in [5, 5.41) is 16.2. The van der Waals surface area contributed by atoms with E-state index in [4.69, 9.17) is 5.11 Å². The second-order valence-electron chi connectivity index (χ2n) is 4.59. The highest BCUT2D eigenvalue weighted by atomic mass is 32.1. The molecule has 1 heterocycles. The van der Waals surface area contributed by atoms with Gasteiger partial charge in [-0.15, -0.1) is 11.3 Å². The average molecular weight is 268 g/mol. The van der Waals surface area contributed by atoms with Crippen molar-refractivity contribution in [1.82, 2.24) is 10.6 Å². The van der Waals surface area contributed by atoms with E-state index in [9.17, 15) is 9.59 Å². The molecule has 1 aromatic heterocycles. The SMILES string of the molecule is O=C(CNC(=O)c1cccs1)NCC1(CO)CC1. The fraction of sp³-hybridized carbons (Fsp3) is 0.500. The molecule has 0 atom stereocenters. The summed E-state index contributed by atoms with van der Waals surface area (Å²) >= 11 is 1.34. The van der Waals surface area contributed by atoms with Crippen molar-refractivity contribution in [2.45, 2.75) is 12.8 Å². The lowest BCUT2D eigenvalue weighted by Crippen LogP contribution is -2.39. The normalized spacial score (nSPS) is 16.1. The molecule has 5 nitrogen and oxygen atoms in total. The Bertz CT molecular complexity index is 427. The van der Waals surface area contributed by atoms with E-state index in [1.807, 2.05) is 5.38 Å². The second kappa shape index (κ2) is 5.49. The van der Waals surface area contributed by atoms with Crippen LogP contribution in [-0.4, -0.2) is 36.6 Å². The van der Waals surface area contributed by atoms with Crippen molar-refractivity contribution < 1.29 is 14.7 Å². The van der Waals surface area contributed by atoms with Crippen LogP contribution in [0.4, 0.5) is 0 Å². The third-order valence-corrected chi connectivity index (χ3v) is 3.98. The van der Waals surface area contributed by atoms with Crippen LogP contribution in [0, 0.1) is 5.41 Å². The molecule has 1 aromatic rings. The van der Waals surface area contributed by atoms with Crippen molar-refractivity contribution in [2.75, 3.05) is 19.7 Å². The number of carbonyl (C=O) groups excluding carboxylic acids is 2. The van der Waals surface area contributed by atoms with Crippen LogP contribution in [0.15, 0.2) is 17.5 Å². The lowest BCUT2D eigenvalue weighted by atomic mass is 10.1. The van der Waals surface area contributed by atoms with Gasteiger partial charge >= 0.3 is 0 Å². The summed E-state index contributed by atoms with van der Waals surface area (Å²) in [5.74, 6) is -0.455. The van der Waals surface area contributed by atoms with Crippen LogP contribution in [0.25, 0.3) is 0 Å². The molecule has 1 aliphatic carbocycles. The van der Waals surface area contributed by atoms with Crippen LogP contribution in [0.1, 0.15) is 22.5 Å². The van der Waals surface area contributed by atoms with E-state index >= 15 is 0 Å². The summed E-state index contributed by atoms with van der Waals surface area (Å²) < 4.78 is 0. The summed E-state index contributed by atoms with van der Waals surface area (Å²) in [6.45, 7) is 0.560. The van der Waals surface area contributed by atoms with E-state index in [2.05, 4.69) is 10.6 Å². The quantitative estimate of drug-likeness (QED) is 0.697. The van der Waals surface area contributed by atoms with Crippen LogP contribution in [-0.2, 0) is 4.79 Å². The van der Waals surface area contributed by atoms with E-state index in [0.717, 1.165) is 12.8 Å². The maximum atomic E-state index is 11.6. The van der Waals surface area contributed by atoms with Gasteiger partial charge < -0.3 is 15.7 Å². The number of aliphatic hydroxyl groups is 1. The minimum atomic E-state index is -0.233. The van der Waals surface area contributed by atoms with Crippen LogP contribution in [0.5, 0.6) is 0 Å². The number of thiophene rings is 1. The topological polar surface area (TPSA) is 78.4 Å². The van der Waals surface area contributed by atoms with Crippen molar-refractivity contribution in [3.8, 4) is 0 Å². The summed E-state index contributed by atoms with van der Waals surface area (Å²) in [7, 11) is 0. The van der Waals surface area contributed by atoms with Gasteiger partial charge in [0.25, 0.3) is 5.91 Å². The van der Waals surface area contributed by atoms with Crippen LogP contribution >= 0.6 is 11.3 Å². The molecule has 3 N–H and O–H groups in total. The highest BCUT2D eigenvalue weighted by Gasteiger charge is 2.41. The first-order valence-electron chi connectivity index (χ1n) is 5.84. The Kier molecular flexibility index (Phi) is 3.98. The molecule has 0 aromatic carbocycles. The molecule has 0 radical (unpaired) electrons. The van der Waals surface area contributed by atoms with E-state index in [1.54, 1.807) is 12.1 Å². The van der Waals surface area contributed by atoms with Crippen molar-refractivity contribution >= 4 is 23.2 Å². The lowest BCUT2D eigenvalue weighted by molar-refractivity contribution is -0.120. The zero-order valence-electron chi connectivity index (χ0n) is 9.94. The molecule has 0 aliphatic heterocycles. The third-order valence-electron chi connectivity index (χ3n) is 3.11. The number of aliphatic hydroxyl groups excluding tert-OH is 1. The van der Waals surface area contributed by atoms with E-state index < -0.39 is 0 Å². The van der Waals surface area contributed by atoms with Crippen LogP contribution < -0.4 is 10.6 Å². The Balaban J connectivity index is 1.67. The highest BCUT2D eigenvalue weighted by Crippen LogP contribution is 2.44. The van der Waals surface area contributed by atoms with Crippen LogP contribution in [0.2, 0.25) is 0 Å². The molecule has 6 heteroatoms. The van der Waals surface area contributed by atoms with Crippen molar-refractivity contribution in [3.63, 3.8) is 0 Å². The average Bonchev–Trinajstić information content (AvgIpc) is 2.96. The number of rotatable bonds is 6. The Morgan fingerprint density at radius 3 is 2.72 bits per heavy atom. The van der Waals surface area contributed by atoms with Crippen molar-refractivity contribution in [2.24, 2.45) is 5.41 Å². The van der Waals surface area contributed by atoms with Crippen LogP contribution in [0.3, 0.4) is 0 Å². The van der Waals surface area contributed by atoms with Gasteiger partial charge in [-0.1, -0.05) is 6.07 Å². The molecule has 2 rings (SSSR count). The molecule has 1 aliphatic rings. The van der Waals surface area contributed by atoms with Gasteiger partial charge in [0.2, 0.25) is 5.91 Å². The zero-order chi connectivity index (χ0) is 13.0. The van der Waals surface area contributed by atoms with Crippen molar-refractivity contribution in [1.29, 1.82) is 0 Å². The fourth-order valence-electron chi connectivity index (χ4n) is 1.57. The molecule has 0 unspecified atom stereocenters. The molecule has 98 valence electrons. The predicted octanol–water partition coefficient (Wildman–Crippen LogP) is 0.367. The first-order chi connectivity index (χ1) is 8.65. The molecule has 2 amide bonds. The van der Waals surface area contributed by atoms with E-state index in [1.165, 1.54) is 11.3 Å². The molecular formula is C12H16N2O3S. The highest BCUT2D eigenvalue weighted by molar-refractivity contribution is 7.12. The first kappa shape index (κ1) is 13.0. The van der Waals surface area contributed by atoms with Gasteiger partial charge in [-0.25, -0.2) is 0 Å². The lowest BCUT2D eigenvalue weighted by Gasteiger charge is -2.12. The molecule has 1 fully saturated rings. The van der Waals surface area contributed by atoms with Gasteiger partial charge in [-0.05, 0) is 24.3 Å². The standard InChI is InChI=1S/C12H16N2O3S/c15-8-12(3-4-12)7-14-10(16)6-13-11(17)9-2-1-5-18-9/h1-2,5,15H,3-4,6-8H2,(H,13,17)(H,14,16). The van der Waals surface area contributed by atoms with Gasteiger partial charge in [-0.2, -0.15) is 0 Å². The Morgan fingerprint density at radius 1 is 1.39 bits per heavy atom. The summed E-state index contributed by atoms with van der Waals surface area (Å²) in [4.78, 5) is 23.7. The molecular weight excluding hydrogens is 252 g/mol. The molecule has 0 spiro atoms. The minimum Gasteiger partial charge on any atom is -0.396 e. The monoisotopic (exact) mass is 268 g/mol. The second-order valence-corrected chi connectivity index (χ2v) is 5.54. The maximum absolute atomic E-state index is 11.6. The third kappa shape index (κ3) is 3.30. The first-order valence-corrected chi connectivity index (χ1v) is 6.72. The number of nitrogens with one attached hydrogen (secondary N) is 2. The van der Waals surface area contributed by atoms with Gasteiger partial charge in [0.1, 0.15) is 0 Å². The van der Waals surface area contributed by atoms with E-state index in [0.29, 0.717) is 11.4 Å². The maximum Gasteiger partial charge on any atom is 0.261 e. The summed E-state index contributed by atoms with van der Waals surface area (Å²) in [5.41, 5.74) is -0.104. The fourth-order valence-corrected chi connectivity index (χ4v) is 2.21. The Morgan fingerprint density at radius 2 is 2.17 bits per heavy atom. The minimum absolute atomic E-state index is 0.0295. The largest absolute Gasteiger partial charge is 0.396 e. The Hall–Kier alpha value is -1.40. The summed E-state index contributed by atoms with van der Waals surface area (Å²) in [6.07, 6.45) is 1.90. The smallest absolute Gasteiger partial charge is 0.261 e. The molecule has 0 saturated heterocycles. The van der Waals surface area contributed by atoms with Gasteiger partial charge in [0.15, 0.2) is 0 Å². The predicted molar refractivity (Wildman–Crippen MR) is 68.4 cm³/mol. The number of amides is 2.